The second-order valence-corrected chi connectivity index (χ2v) is 15.4. The minimum Gasteiger partial charge on any atom is -0.493 e. The molecule has 6 rings (SSSR count). The number of amides is 5. The molecule has 1 atom stereocenters. The van der Waals surface area contributed by atoms with Gasteiger partial charge in [0, 0.05) is 45.0 Å². The molecule has 18 nitrogen and oxygen atoms in total. The molecule has 0 radical (unpaired) electrons. The van der Waals surface area contributed by atoms with Crippen LogP contribution in [0.5, 0.6) is 28.7 Å². The minimum atomic E-state index is -1.09. The Morgan fingerprint density at radius 3 is 2.25 bits per heavy atom. The summed E-state index contributed by atoms with van der Waals surface area (Å²) in [5, 5.41) is 13.4. The van der Waals surface area contributed by atoms with Crippen LogP contribution in [0.15, 0.2) is 54.7 Å². The minimum absolute atomic E-state index is 0.0185. The molecule has 18 heteroatoms. The second kappa shape index (κ2) is 23.0. The fourth-order valence-electron chi connectivity index (χ4n) is 7.50. The number of unbranched alkanes of at least 4 members (excludes halogenated alkanes) is 4. The summed E-state index contributed by atoms with van der Waals surface area (Å²) in [5.74, 6) is -0.741. The van der Waals surface area contributed by atoms with Gasteiger partial charge in [-0.05, 0) is 79.6 Å². The quantitative estimate of drug-likeness (QED) is 0.0279. The SMILES string of the molecule is COc1ccc(/C=C\c2cc(OC)c(OC)c(OC)c2)cc1OC(=O)CCCCCOCCc1cn(CCCCCC(=O)Nc2cccc3c2C(=O)N(C2CCC(=O)NC2=O)C3=O)nn1. The van der Waals surface area contributed by atoms with Crippen LogP contribution < -0.4 is 34.3 Å². The standard InChI is InChI=1S/C47H54N6O12/c1-60-36-20-18-30(16-17-31-27-38(61-2)44(63-4)39(28-31)62-3)26-37(36)65-42(56)15-8-6-10-24-64-25-22-32-29-52(51-50-32)23-9-5-7-14-40(54)48-34-13-11-12-33-43(34)47(59)53(46(33)58)35-19-21-41(55)49-45(35)57/h11-13,16-18,20,26-29,35H,5-10,14-15,19,21-25H2,1-4H3,(H,48,54)(H,49,55,57)/b17-16-. The number of imide groups is 2. The van der Waals surface area contributed by atoms with Gasteiger partial charge in [0.05, 0.1) is 57.6 Å². The summed E-state index contributed by atoms with van der Waals surface area (Å²) in [4.78, 5) is 76.8. The molecule has 0 bridgehead atoms. The number of hydrogen-bond acceptors (Lipinski definition) is 14. The van der Waals surface area contributed by atoms with E-state index in [0.717, 1.165) is 47.4 Å². The molecule has 2 N–H and O–H groups in total. The Kier molecular flexibility index (Phi) is 16.8. The molecule has 5 amide bonds. The van der Waals surface area contributed by atoms with Gasteiger partial charge in [-0.25, -0.2) is 0 Å². The lowest BCUT2D eigenvalue weighted by Crippen LogP contribution is -2.54. The smallest absolute Gasteiger partial charge is 0.311 e. The van der Waals surface area contributed by atoms with Gasteiger partial charge in [-0.1, -0.05) is 42.3 Å². The lowest BCUT2D eigenvalue weighted by Gasteiger charge is -2.27. The average Bonchev–Trinajstić information content (AvgIpc) is 3.86. The maximum Gasteiger partial charge on any atom is 0.311 e. The van der Waals surface area contributed by atoms with E-state index in [-0.39, 0.29) is 54.4 Å². The predicted molar refractivity (Wildman–Crippen MR) is 237 cm³/mol. The van der Waals surface area contributed by atoms with Gasteiger partial charge in [-0.3, -0.25) is 43.7 Å². The molecule has 1 unspecified atom stereocenters. The van der Waals surface area contributed by atoms with Crippen LogP contribution in [0.2, 0.25) is 0 Å². The van der Waals surface area contributed by atoms with Crippen molar-refractivity contribution in [1.82, 2.24) is 25.2 Å². The zero-order chi connectivity index (χ0) is 46.3. The Morgan fingerprint density at radius 1 is 0.785 bits per heavy atom. The molecule has 4 aromatic rings. The third-order valence-corrected chi connectivity index (χ3v) is 10.9. The molecule has 344 valence electrons. The van der Waals surface area contributed by atoms with E-state index in [1.807, 2.05) is 36.5 Å². The summed E-state index contributed by atoms with van der Waals surface area (Å²) in [6, 6.07) is 12.5. The summed E-state index contributed by atoms with van der Waals surface area (Å²) in [6.07, 6.45) is 11.1. The maximum atomic E-state index is 13.3. The predicted octanol–water partition coefficient (Wildman–Crippen LogP) is 5.81. The number of rotatable bonds is 24. The number of esters is 1. The normalized spacial score (nSPS) is 14.6. The lowest BCUT2D eigenvalue weighted by molar-refractivity contribution is -0.136. The highest BCUT2D eigenvalue weighted by Gasteiger charge is 2.45. The van der Waals surface area contributed by atoms with E-state index >= 15 is 0 Å². The highest BCUT2D eigenvalue weighted by atomic mass is 16.6. The number of fused-ring (bicyclic) bond motifs is 1. The van der Waals surface area contributed by atoms with Crippen LogP contribution in [-0.4, -0.2) is 103 Å². The summed E-state index contributed by atoms with van der Waals surface area (Å²) >= 11 is 0. The summed E-state index contributed by atoms with van der Waals surface area (Å²) < 4.78 is 35.0. The van der Waals surface area contributed by atoms with Crippen molar-refractivity contribution in [1.29, 1.82) is 0 Å². The van der Waals surface area contributed by atoms with Gasteiger partial charge in [-0.2, -0.15) is 0 Å². The number of carbonyl (C=O) groups is 6. The molecular formula is C47H54N6O12. The largest absolute Gasteiger partial charge is 0.493 e. The van der Waals surface area contributed by atoms with Crippen molar-refractivity contribution in [3.8, 4) is 28.7 Å². The van der Waals surface area contributed by atoms with E-state index in [4.69, 9.17) is 28.4 Å². The third kappa shape index (κ3) is 12.3. The molecule has 3 heterocycles. The number of ether oxygens (including phenoxy) is 6. The zero-order valence-electron chi connectivity index (χ0n) is 37.0. The van der Waals surface area contributed by atoms with Crippen molar-refractivity contribution in [3.63, 3.8) is 0 Å². The zero-order valence-corrected chi connectivity index (χ0v) is 37.0. The molecule has 1 aromatic heterocycles. The van der Waals surface area contributed by atoms with E-state index in [2.05, 4.69) is 20.9 Å². The number of nitrogens with one attached hydrogen (secondary N) is 2. The number of hydrogen-bond donors (Lipinski definition) is 2. The molecule has 65 heavy (non-hydrogen) atoms. The number of piperidine rings is 1. The van der Waals surface area contributed by atoms with Crippen LogP contribution in [0.1, 0.15) is 102 Å². The van der Waals surface area contributed by atoms with Gasteiger partial charge in [-0.15, -0.1) is 5.10 Å². The van der Waals surface area contributed by atoms with Crippen molar-refractivity contribution in [3.05, 3.63) is 82.7 Å². The van der Waals surface area contributed by atoms with Crippen LogP contribution in [0, 0.1) is 0 Å². The fourth-order valence-corrected chi connectivity index (χ4v) is 7.50. The molecular weight excluding hydrogens is 841 g/mol. The first-order valence-electron chi connectivity index (χ1n) is 21.5. The monoisotopic (exact) mass is 894 g/mol. The van der Waals surface area contributed by atoms with Crippen molar-refractivity contribution in [2.45, 2.75) is 83.2 Å². The molecule has 2 aliphatic heterocycles. The van der Waals surface area contributed by atoms with Crippen LogP contribution in [-0.2, 0) is 36.9 Å². The fraction of sp³-hybridized carbons (Fsp3) is 0.404. The number of anilines is 1. The van der Waals surface area contributed by atoms with E-state index in [1.54, 1.807) is 50.3 Å². The summed E-state index contributed by atoms with van der Waals surface area (Å²) in [6.45, 7) is 1.66. The molecule has 0 saturated carbocycles. The molecule has 0 spiro atoms. The van der Waals surface area contributed by atoms with Crippen LogP contribution in [0.4, 0.5) is 5.69 Å². The number of aromatic nitrogens is 3. The number of carbonyl (C=O) groups excluding carboxylic acids is 6. The first kappa shape index (κ1) is 47.4. The van der Waals surface area contributed by atoms with E-state index in [1.165, 1.54) is 13.2 Å². The van der Waals surface area contributed by atoms with Crippen molar-refractivity contribution in [2.75, 3.05) is 47.0 Å². The van der Waals surface area contributed by atoms with Gasteiger partial charge < -0.3 is 33.7 Å². The molecule has 1 fully saturated rings. The number of methoxy groups -OCH3 is 4. The second-order valence-electron chi connectivity index (χ2n) is 15.4. The Hall–Kier alpha value is -7.08. The molecule has 0 aliphatic carbocycles. The van der Waals surface area contributed by atoms with Gasteiger partial charge >= 0.3 is 5.97 Å². The van der Waals surface area contributed by atoms with Gasteiger partial charge in [0.25, 0.3) is 11.8 Å². The average molecular weight is 895 g/mol. The number of nitrogens with zero attached hydrogens (tertiary/aromatic N) is 4. The first-order chi connectivity index (χ1) is 31.5. The summed E-state index contributed by atoms with van der Waals surface area (Å²) in [7, 11) is 6.20. The highest BCUT2D eigenvalue weighted by Crippen LogP contribution is 2.39. The van der Waals surface area contributed by atoms with Crippen LogP contribution in [0.25, 0.3) is 12.2 Å². The van der Waals surface area contributed by atoms with Crippen LogP contribution in [0.3, 0.4) is 0 Å². The number of aryl methyl sites for hydroxylation is 1. The Morgan fingerprint density at radius 2 is 1.51 bits per heavy atom. The van der Waals surface area contributed by atoms with Crippen molar-refractivity contribution >= 4 is 53.3 Å². The Bertz CT molecular complexity index is 2390. The molecule has 2 aliphatic rings. The van der Waals surface area contributed by atoms with Gasteiger partial charge in [0.1, 0.15) is 6.04 Å². The van der Waals surface area contributed by atoms with E-state index in [0.29, 0.717) is 67.8 Å². The Balaban J connectivity index is 0.827. The van der Waals surface area contributed by atoms with E-state index < -0.39 is 29.7 Å². The molecule has 1 saturated heterocycles. The van der Waals surface area contributed by atoms with Crippen LogP contribution >= 0.6 is 0 Å². The van der Waals surface area contributed by atoms with E-state index in [9.17, 15) is 28.8 Å². The Labute approximate surface area is 376 Å². The maximum absolute atomic E-state index is 13.3. The topological polar surface area (TPSA) is 216 Å². The van der Waals surface area contributed by atoms with Gasteiger partial charge in [0.2, 0.25) is 23.5 Å². The van der Waals surface area contributed by atoms with Crippen molar-refractivity contribution < 1.29 is 57.2 Å². The third-order valence-electron chi connectivity index (χ3n) is 10.9. The number of benzene rings is 3. The molecule has 3 aromatic carbocycles. The summed E-state index contributed by atoms with van der Waals surface area (Å²) in [5.41, 5.74) is 2.79. The van der Waals surface area contributed by atoms with Crippen molar-refractivity contribution in [2.24, 2.45) is 0 Å². The lowest BCUT2D eigenvalue weighted by atomic mass is 10.0. The first-order valence-corrected chi connectivity index (χ1v) is 21.5. The highest BCUT2D eigenvalue weighted by molar-refractivity contribution is 6.26. The van der Waals surface area contributed by atoms with Gasteiger partial charge in [0.15, 0.2) is 23.0 Å².